The first kappa shape index (κ1) is 30.6. The fourth-order valence-electron chi connectivity index (χ4n) is 3.21. The highest BCUT2D eigenvalue weighted by molar-refractivity contribution is 9.11. The monoisotopic (exact) mass is 705 g/mol. The molecule has 2 rings (SSSR count). The minimum Gasteiger partial charge on any atom is -0.356 e. The lowest BCUT2D eigenvalue weighted by Gasteiger charge is -2.18. The number of hydrogen-bond donors (Lipinski definition) is 1. The summed E-state index contributed by atoms with van der Waals surface area (Å²) in [6.45, 7) is 0.838. The number of allylic oxidation sites excluding steroid dienone is 1. The number of ketones is 1. The Bertz CT molecular complexity index is 1110. The molecule has 196 valence electrons. The molecule has 0 radical (unpaired) electrons. The summed E-state index contributed by atoms with van der Waals surface area (Å²) in [6, 6.07) is 8.74. The summed E-state index contributed by atoms with van der Waals surface area (Å²) < 4.78 is 79.1. The molecule has 0 aliphatic rings. The molecule has 0 bridgehead atoms. The van der Waals surface area contributed by atoms with Gasteiger partial charge in [0, 0.05) is 37.9 Å². The molecule has 0 aliphatic carbocycles. The van der Waals surface area contributed by atoms with Crippen molar-refractivity contribution in [2.45, 2.75) is 38.0 Å². The van der Waals surface area contributed by atoms with Crippen LogP contribution >= 0.6 is 47.8 Å². The predicted octanol–water partition coefficient (Wildman–Crippen LogP) is 8.61. The zero-order valence-electron chi connectivity index (χ0n) is 18.6. The van der Waals surface area contributed by atoms with Gasteiger partial charge in [-0.3, -0.25) is 9.59 Å². The second-order valence-corrected chi connectivity index (χ2v) is 10.7. The lowest BCUT2D eigenvalue weighted by molar-refractivity contribution is -0.139. The highest BCUT2D eigenvalue weighted by Gasteiger charge is 2.39. The van der Waals surface area contributed by atoms with Crippen LogP contribution in [0.5, 0.6) is 0 Å². The van der Waals surface area contributed by atoms with Crippen molar-refractivity contribution in [2.24, 2.45) is 5.92 Å². The Kier molecular flexibility index (Phi) is 10.8. The van der Waals surface area contributed by atoms with Gasteiger partial charge >= 0.3 is 12.4 Å². The molecule has 3 nitrogen and oxygen atoms in total. The molecule has 0 saturated heterocycles. The van der Waals surface area contributed by atoms with Gasteiger partial charge < -0.3 is 5.32 Å². The van der Waals surface area contributed by atoms with Crippen molar-refractivity contribution < 1.29 is 35.9 Å². The molecule has 0 aliphatic heterocycles. The third-order valence-electron chi connectivity index (χ3n) is 5.02. The van der Waals surface area contributed by atoms with Crippen molar-refractivity contribution in [1.29, 1.82) is 0 Å². The summed E-state index contributed by atoms with van der Waals surface area (Å²) in [7, 11) is 0. The van der Waals surface area contributed by atoms with Crippen molar-refractivity contribution in [3.05, 3.63) is 72.6 Å². The van der Waals surface area contributed by atoms with Gasteiger partial charge in [-0.2, -0.15) is 26.3 Å². The molecule has 0 heterocycles. The zero-order valence-corrected chi connectivity index (χ0v) is 23.4. The van der Waals surface area contributed by atoms with E-state index in [0.717, 1.165) is 6.08 Å². The first-order valence-corrected chi connectivity index (χ1v) is 12.8. The van der Waals surface area contributed by atoms with Crippen LogP contribution in [0.1, 0.15) is 47.2 Å². The number of amides is 1. The van der Waals surface area contributed by atoms with Gasteiger partial charge in [-0.1, -0.05) is 72.9 Å². The van der Waals surface area contributed by atoms with Crippen molar-refractivity contribution in [2.75, 3.05) is 6.54 Å². The van der Waals surface area contributed by atoms with Crippen LogP contribution in [0.15, 0.2) is 55.9 Å². The molecule has 1 N–H and O–H groups in total. The Balaban J connectivity index is 2.12. The van der Waals surface area contributed by atoms with E-state index in [4.69, 9.17) is 0 Å². The van der Waals surface area contributed by atoms with Gasteiger partial charge in [-0.25, -0.2) is 0 Å². The number of hydrogen-bond acceptors (Lipinski definition) is 2. The van der Waals surface area contributed by atoms with E-state index < -0.39 is 48.8 Å². The lowest BCUT2D eigenvalue weighted by atomic mass is 9.96. The van der Waals surface area contributed by atoms with Crippen LogP contribution in [0.4, 0.5) is 26.3 Å². The van der Waals surface area contributed by atoms with Crippen molar-refractivity contribution in [3.8, 4) is 0 Å². The molecule has 1 amide bonds. The molecule has 2 aromatic carbocycles. The van der Waals surface area contributed by atoms with Crippen LogP contribution in [0.25, 0.3) is 6.08 Å². The third kappa shape index (κ3) is 9.66. The molecule has 0 saturated carbocycles. The van der Waals surface area contributed by atoms with Gasteiger partial charge in [0.15, 0.2) is 5.78 Å². The summed E-state index contributed by atoms with van der Waals surface area (Å²) in [5.74, 6) is -3.86. The molecule has 2 aromatic rings. The Hall–Kier alpha value is -1.66. The van der Waals surface area contributed by atoms with Crippen LogP contribution in [0, 0.1) is 5.92 Å². The number of Topliss-reactive ketones (excluding diaryl/α,β-unsaturated/α-hetero) is 1. The number of benzene rings is 2. The largest absolute Gasteiger partial charge is 0.399 e. The van der Waals surface area contributed by atoms with Gasteiger partial charge in [0.05, 0.1) is 12.3 Å². The standard InChI is InChI=1S/C24H20Br3F6NO2/c1-13(22(36)34-7-6-23(28,29)30)8-21(35)18-4-2-14(9-20(18)27)3-5-19(24(31,32)33)15-10-16(25)12-17(26)11-15/h2-5,9-13,19H,6-8H2,1H3,(H,34,36)/b5-3+/t13-,19?/m0/s1. The van der Waals surface area contributed by atoms with Crippen LogP contribution in [-0.4, -0.2) is 30.6 Å². The normalized spacial score (nSPS) is 14.1. The molecule has 1 unspecified atom stereocenters. The fraction of sp³-hybridized carbons (Fsp3) is 0.333. The topological polar surface area (TPSA) is 46.2 Å². The maximum atomic E-state index is 13.7. The summed E-state index contributed by atoms with van der Waals surface area (Å²) in [5, 5.41) is 2.15. The van der Waals surface area contributed by atoms with E-state index in [1.54, 1.807) is 6.07 Å². The van der Waals surface area contributed by atoms with E-state index in [-0.39, 0.29) is 17.5 Å². The predicted molar refractivity (Wildman–Crippen MR) is 136 cm³/mol. The van der Waals surface area contributed by atoms with Crippen molar-refractivity contribution >= 4 is 65.6 Å². The molecule has 0 aromatic heterocycles. The minimum atomic E-state index is -4.54. The molecule has 0 spiro atoms. The van der Waals surface area contributed by atoms with E-state index in [2.05, 4.69) is 53.1 Å². The quantitative estimate of drug-likeness (QED) is 0.210. The Morgan fingerprint density at radius 3 is 2.11 bits per heavy atom. The van der Waals surface area contributed by atoms with Gasteiger partial charge in [0.2, 0.25) is 5.91 Å². The minimum absolute atomic E-state index is 0.0355. The highest BCUT2D eigenvalue weighted by Crippen LogP contribution is 2.38. The number of carbonyl (C=O) groups excluding carboxylic acids is 2. The number of rotatable bonds is 9. The van der Waals surface area contributed by atoms with Gasteiger partial charge in [0.25, 0.3) is 0 Å². The number of nitrogens with one attached hydrogen (secondary N) is 1. The van der Waals surface area contributed by atoms with Crippen LogP contribution < -0.4 is 5.32 Å². The lowest BCUT2D eigenvalue weighted by Crippen LogP contribution is -2.33. The summed E-state index contributed by atoms with van der Waals surface area (Å²) in [4.78, 5) is 24.6. The van der Waals surface area contributed by atoms with Gasteiger partial charge in [-0.05, 0) is 41.5 Å². The van der Waals surface area contributed by atoms with Crippen LogP contribution in [0.3, 0.4) is 0 Å². The van der Waals surface area contributed by atoms with Crippen molar-refractivity contribution in [3.63, 3.8) is 0 Å². The summed E-state index contributed by atoms with van der Waals surface area (Å²) >= 11 is 9.62. The van der Waals surface area contributed by atoms with E-state index in [9.17, 15) is 35.9 Å². The molecular formula is C24H20Br3F6NO2. The Morgan fingerprint density at radius 1 is 0.972 bits per heavy atom. The molecule has 36 heavy (non-hydrogen) atoms. The van der Waals surface area contributed by atoms with Gasteiger partial charge in [-0.15, -0.1) is 0 Å². The second kappa shape index (κ2) is 12.7. The first-order valence-electron chi connectivity index (χ1n) is 10.4. The molecule has 0 fully saturated rings. The second-order valence-electron chi connectivity index (χ2n) is 8.01. The van der Waals surface area contributed by atoms with E-state index in [0.29, 0.717) is 19.0 Å². The van der Waals surface area contributed by atoms with E-state index in [1.807, 2.05) is 0 Å². The average molecular weight is 708 g/mol. The Labute approximate surface area is 229 Å². The average Bonchev–Trinajstić information content (AvgIpc) is 2.71. The van der Waals surface area contributed by atoms with E-state index >= 15 is 0 Å². The van der Waals surface area contributed by atoms with Gasteiger partial charge in [0.1, 0.15) is 0 Å². The molecule has 12 heteroatoms. The highest BCUT2D eigenvalue weighted by atomic mass is 79.9. The maximum absolute atomic E-state index is 13.7. The summed E-state index contributed by atoms with van der Waals surface area (Å²) in [6.07, 6.45) is -8.05. The van der Waals surface area contributed by atoms with E-state index in [1.165, 1.54) is 43.3 Å². The SMILES string of the molecule is C[C@@H](CC(=O)c1ccc(/C=C/C(c2cc(Br)cc(Br)c2)C(F)(F)F)cc1Br)C(=O)NCCC(F)(F)F. The van der Waals surface area contributed by atoms with Crippen molar-refractivity contribution in [1.82, 2.24) is 5.32 Å². The Morgan fingerprint density at radius 2 is 1.58 bits per heavy atom. The number of halogens is 9. The number of carbonyl (C=O) groups is 2. The molecule has 2 atom stereocenters. The third-order valence-corrected chi connectivity index (χ3v) is 6.59. The van der Waals surface area contributed by atoms with Crippen LogP contribution in [-0.2, 0) is 4.79 Å². The zero-order chi connectivity index (χ0) is 27.3. The summed E-state index contributed by atoms with van der Waals surface area (Å²) in [5.41, 5.74) is 0.637. The van der Waals surface area contributed by atoms with Crippen LogP contribution in [0.2, 0.25) is 0 Å². The first-order chi connectivity index (χ1) is 16.6. The number of alkyl halides is 6. The maximum Gasteiger partial charge on any atom is 0.399 e. The fourth-order valence-corrected chi connectivity index (χ4v) is 5.16. The molecular weight excluding hydrogens is 688 g/mol. The smallest absolute Gasteiger partial charge is 0.356 e.